The van der Waals surface area contributed by atoms with Crippen LogP contribution in [0.15, 0.2) is 103 Å². The second kappa shape index (κ2) is 13.0. The minimum atomic E-state index is -4.86. The molecule has 0 unspecified atom stereocenters. The van der Waals surface area contributed by atoms with Gasteiger partial charge in [0.1, 0.15) is 21.2 Å². The van der Waals surface area contributed by atoms with Gasteiger partial charge in [-0.2, -0.15) is 27.1 Å². The summed E-state index contributed by atoms with van der Waals surface area (Å²) in [5.74, 6) is -2.46. The SMILES string of the molecule is Nc1ccc(C(=O)O)cc1N=Nc1ccc(/C=C/c2ccc(N=Nc3cc(C(=O)O)ccc3N)cc2S(=O)(=O)O)c(S(=O)(=O)O)c1. The van der Waals surface area contributed by atoms with E-state index in [9.17, 15) is 35.5 Å². The standard InChI is InChI=1S/C28H22N6O10S2/c29-21-9-5-17(27(35)36)11-23(21)33-31-19-7-3-15(25(13-19)45(39,40)41)1-2-16-4-8-20(14-26(16)46(42,43)44)32-34-24-12-18(28(37)38)6-10-22(24)30/h1-14H,29-30H2,(H,35,36)(H,37,38)(H,39,40,41)(H,42,43,44)/b2-1+,33-31?,34-32?. The molecule has 0 saturated carbocycles. The Kier molecular flexibility index (Phi) is 9.38. The van der Waals surface area contributed by atoms with Crippen molar-refractivity contribution in [3.05, 3.63) is 95.1 Å². The van der Waals surface area contributed by atoms with Gasteiger partial charge in [0.15, 0.2) is 0 Å². The maximum Gasteiger partial charge on any atom is 0.335 e. The van der Waals surface area contributed by atoms with Crippen molar-refractivity contribution < 1.29 is 45.7 Å². The van der Waals surface area contributed by atoms with Gasteiger partial charge in [0, 0.05) is 0 Å². The Morgan fingerprint density at radius 1 is 0.565 bits per heavy atom. The molecule has 0 aliphatic carbocycles. The zero-order chi connectivity index (χ0) is 33.8. The van der Waals surface area contributed by atoms with Gasteiger partial charge >= 0.3 is 11.9 Å². The molecule has 46 heavy (non-hydrogen) atoms. The van der Waals surface area contributed by atoms with Crippen molar-refractivity contribution in [3.8, 4) is 0 Å². The van der Waals surface area contributed by atoms with Crippen LogP contribution in [0.25, 0.3) is 12.2 Å². The molecular formula is C28H22N6O10S2. The van der Waals surface area contributed by atoms with Gasteiger partial charge < -0.3 is 21.7 Å². The van der Waals surface area contributed by atoms with Crippen molar-refractivity contribution in [3.63, 3.8) is 0 Å². The minimum Gasteiger partial charge on any atom is -0.478 e. The molecule has 0 bridgehead atoms. The van der Waals surface area contributed by atoms with E-state index in [4.69, 9.17) is 21.7 Å². The maximum absolute atomic E-state index is 12.2. The molecule has 16 nitrogen and oxygen atoms in total. The molecule has 18 heteroatoms. The number of hydrogen-bond acceptors (Lipinski definition) is 12. The van der Waals surface area contributed by atoms with E-state index in [2.05, 4.69) is 20.5 Å². The fourth-order valence-electron chi connectivity index (χ4n) is 3.82. The molecule has 0 spiro atoms. The molecule has 4 aromatic rings. The predicted molar refractivity (Wildman–Crippen MR) is 165 cm³/mol. The minimum absolute atomic E-state index is 0.00440. The Bertz CT molecular complexity index is 2040. The molecule has 0 aliphatic rings. The van der Waals surface area contributed by atoms with E-state index in [1.165, 1.54) is 48.5 Å². The number of nitrogens with zero attached hydrogens (tertiary/aromatic N) is 4. The van der Waals surface area contributed by atoms with Crippen molar-refractivity contribution in [2.24, 2.45) is 20.5 Å². The van der Waals surface area contributed by atoms with E-state index in [0.29, 0.717) is 0 Å². The van der Waals surface area contributed by atoms with Gasteiger partial charge in [-0.1, -0.05) is 24.3 Å². The number of anilines is 2. The Balaban J connectivity index is 1.68. The third kappa shape index (κ3) is 8.01. The van der Waals surface area contributed by atoms with E-state index < -0.39 is 42.0 Å². The smallest absolute Gasteiger partial charge is 0.335 e. The van der Waals surface area contributed by atoms with Crippen LogP contribution in [0, 0.1) is 0 Å². The highest BCUT2D eigenvalue weighted by Gasteiger charge is 2.18. The first-order valence-electron chi connectivity index (χ1n) is 12.5. The average Bonchev–Trinajstić information content (AvgIpc) is 2.98. The molecule has 236 valence electrons. The van der Waals surface area contributed by atoms with Gasteiger partial charge in [-0.05, 0) is 71.8 Å². The summed E-state index contributed by atoms with van der Waals surface area (Å²) in [6, 6.07) is 14.5. The van der Waals surface area contributed by atoms with E-state index in [0.717, 1.165) is 36.4 Å². The third-order valence-corrected chi connectivity index (χ3v) is 7.91. The van der Waals surface area contributed by atoms with Crippen LogP contribution in [0.4, 0.5) is 34.1 Å². The van der Waals surface area contributed by atoms with Gasteiger partial charge in [-0.25, -0.2) is 9.59 Å². The number of azo groups is 2. The van der Waals surface area contributed by atoms with E-state index >= 15 is 0 Å². The highest BCUT2D eigenvalue weighted by molar-refractivity contribution is 7.86. The molecule has 0 amide bonds. The summed E-state index contributed by atoms with van der Waals surface area (Å²) in [4.78, 5) is 21.2. The molecule has 0 saturated heterocycles. The Labute approximate surface area is 260 Å². The average molecular weight is 667 g/mol. The molecule has 0 aromatic heterocycles. The summed E-state index contributed by atoms with van der Waals surface area (Å²) < 4.78 is 68.4. The summed E-state index contributed by atoms with van der Waals surface area (Å²) in [5, 5.41) is 33.8. The Morgan fingerprint density at radius 3 is 1.26 bits per heavy atom. The first-order valence-corrected chi connectivity index (χ1v) is 15.4. The van der Waals surface area contributed by atoms with Crippen molar-refractivity contribution in [1.82, 2.24) is 0 Å². The van der Waals surface area contributed by atoms with Crippen LogP contribution in [-0.2, 0) is 20.2 Å². The monoisotopic (exact) mass is 666 g/mol. The molecule has 0 radical (unpaired) electrons. The number of aromatic carboxylic acids is 2. The van der Waals surface area contributed by atoms with Crippen LogP contribution in [0.2, 0.25) is 0 Å². The van der Waals surface area contributed by atoms with Crippen molar-refractivity contribution in [1.29, 1.82) is 0 Å². The molecule has 0 atom stereocenters. The number of carboxylic acids is 2. The van der Waals surface area contributed by atoms with Crippen LogP contribution in [0.5, 0.6) is 0 Å². The number of rotatable bonds is 10. The molecule has 8 N–H and O–H groups in total. The fourth-order valence-corrected chi connectivity index (χ4v) is 5.23. The van der Waals surface area contributed by atoms with Crippen LogP contribution < -0.4 is 11.5 Å². The maximum atomic E-state index is 12.2. The zero-order valence-corrected chi connectivity index (χ0v) is 24.7. The number of nitrogen functional groups attached to an aromatic ring is 2. The van der Waals surface area contributed by atoms with Gasteiger partial charge in [-0.3, -0.25) is 9.11 Å². The molecule has 4 rings (SSSR count). The number of carbonyl (C=O) groups is 2. The molecule has 4 aromatic carbocycles. The van der Waals surface area contributed by atoms with Crippen molar-refractivity contribution in [2.75, 3.05) is 11.5 Å². The lowest BCUT2D eigenvalue weighted by Crippen LogP contribution is -2.01. The molecule has 0 fully saturated rings. The quantitative estimate of drug-likeness (QED) is 0.0511. The zero-order valence-electron chi connectivity index (χ0n) is 23.1. The topological polar surface area (TPSA) is 285 Å². The molecular weight excluding hydrogens is 644 g/mol. The summed E-state index contributed by atoms with van der Waals surface area (Å²) >= 11 is 0. The summed E-state index contributed by atoms with van der Waals surface area (Å²) in [6.07, 6.45) is 2.31. The van der Waals surface area contributed by atoms with Crippen LogP contribution in [0.1, 0.15) is 31.8 Å². The van der Waals surface area contributed by atoms with Gasteiger partial charge in [0.05, 0.1) is 33.9 Å². The van der Waals surface area contributed by atoms with Crippen LogP contribution in [-0.4, -0.2) is 48.1 Å². The predicted octanol–water partition coefficient (Wildman–Crippen LogP) is 5.74. The lowest BCUT2D eigenvalue weighted by molar-refractivity contribution is 0.0686. The largest absolute Gasteiger partial charge is 0.478 e. The lowest BCUT2D eigenvalue weighted by Gasteiger charge is -2.07. The first-order chi connectivity index (χ1) is 21.5. The van der Waals surface area contributed by atoms with Crippen molar-refractivity contribution >= 4 is 78.5 Å². The van der Waals surface area contributed by atoms with E-state index in [1.54, 1.807) is 0 Å². The Morgan fingerprint density at radius 2 is 0.935 bits per heavy atom. The second-order valence-corrected chi connectivity index (χ2v) is 12.1. The van der Waals surface area contributed by atoms with Crippen molar-refractivity contribution in [2.45, 2.75) is 9.79 Å². The lowest BCUT2D eigenvalue weighted by atomic mass is 10.1. The number of benzene rings is 4. The summed E-state index contributed by atoms with van der Waals surface area (Å²) in [6.45, 7) is 0. The molecule has 0 heterocycles. The second-order valence-electron chi connectivity index (χ2n) is 9.29. The van der Waals surface area contributed by atoms with E-state index in [1.807, 2.05) is 0 Å². The van der Waals surface area contributed by atoms with Crippen LogP contribution >= 0.6 is 0 Å². The molecule has 0 aliphatic heterocycles. The van der Waals surface area contributed by atoms with Crippen LogP contribution in [0.3, 0.4) is 0 Å². The Hall–Kier alpha value is -5.82. The van der Waals surface area contributed by atoms with Gasteiger partial charge in [0.2, 0.25) is 0 Å². The third-order valence-electron chi connectivity index (χ3n) is 6.09. The number of nitrogens with two attached hydrogens (primary N) is 2. The highest BCUT2D eigenvalue weighted by Crippen LogP contribution is 2.31. The highest BCUT2D eigenvalue weighted by atomic mass is 32.2. The fraction of sp³-hybridized carbons (Fsp3) is 0. The van der Waals surface area contributed by atoms with Gasteiger partial charge in [0.25, 0.3) is 20.2 Å². The number of hydrogen-bond donors (Lipinski definition) is 6. The van der Waals surface area contributed by atoms with Gasteiger partial charge in [-0.15, -0.1) is 10.2 Å². The normalized spacial score (nSPS) is 12.3. The van der Waals surface area contributed by atoms with E-state index in [-0.39, 0.29) is 56.4 Å². The summed E-state index contributed by atoms with van der Waals surface area (Å²) in [7, 11) is -9.72. The summed E-state index contributed by atoms with van der Waals surface area (Å²) in [5.41, 5.74) is 11.2. The first kappa shape index (κ1) is 33.1. The number of carboxylic acid groups (broad SMARTS) is 2.